The van der Waals surface area contributed by atoms with Crippen LogP contribution < -0.4 is 0 Å². The molecule has 3 rings (SSSR count). The zero-order valence-electron chi connectivity index (χ0n) is 19.5. The zero-order valence-corrected chi connectivity index (χ0v) is 19.5. The quantitative estimate of drug-likeness (QED) is 0.353. The van der Waals surface area contributed by atoms with Gasteiger partial charge in [-0.25, -0.2) is 0 Å². The minimum Gasteiger partial charge on any atom is -0.510 e. The van der Waals surface area contributed by atoms with Crippen molar-refractivity contribution in [1.29, 1.82) is 0 Å². The van der Waals surface area contributed by atoms with Crippen LogP contribution in [-0.2, 0) is 14.4 Å². The molecule has 0 aromatic heterocycles. The third-order valence-corrected chi connectivity index (χ3v) is 8.11. The number of aliphatic hydroxyl groups excluding tert-OH is 1. The molecule has 4 atom stereocenters. The Labute approximate surface area is 180 Å². The van der Waals surface area contributed by atoms with Crippen LogP contribution in [0, 0.1) is 34.0 Å². The first kappa shape index (κ1) is 22.7. The summed E-state index contributed by atoms with van der Waals surface area (Å²) in [7, 11) is 0. The van der Waals surface area contributed by atoms with Gasteiger partial charge in [-0.2, -0.15) is 0 Å². The summed E-state index contributed by atoms with van der Waals surface area (Å²) in [5.74, 6) is -1.90. The third-order valence-electron chi connectivity index (χ3n) is 8.11. The maximum absolute atomic E-state index is 13.8. The van der Waals surface area contributed by atoms with Gasteiger partial charge in [0.2, 0.25) is 0 Å². The highest BCUT2D eigenvalue weighted by Crippen LogP contribution is 2.72. The van der Waals surface area contributed by atoms with E-state index >= 15 is 0 Å². The molecule has 2 bridgehead atoms. The first-order valence-corrected chi connectivity index (χ1v) is 11.1. The summed E-state index contributed by atoms with van der Waals surface area (Å²) in [6.45, 7) is 17.9. The molecule has 1 spiro atoms. The molecule has 0 aromatic rings. The second kappa shape index (κ2) is 7.03. The molecule has 0 radical (unpaired) electrons. The number of aliphatic hydroxyl groups is 1. The van der Waals surface area contributed by atoms with E-state index in [-0.39, 0.29) is 40.1 Å². The van der Waals surface area contributed by atoms with E-state index in [1.165, 1.54) is 5.57 Å². The third kappa shape index (κ3) is 2.82. The average Bonchev–Trinajstić information content (AvgIpc) is 2.99. The molecule has 4 heteroatoms. The maximum atomic E-state index is 13.8. The average molecular weight is 413 g/mol. The van der Waals surface area contributed by atoms with Crippen molar-refractivity contribution < 1.29 is 19.5 Å². The summed E-state index contributed by atoms with van der Waals surface area (Å²) >= 11 is 0. The van der Waals surface area contributed by atoms with Crippen molar-refractivity contribution in [3.8, 4) is 0 Å². The Morgan fingerprint density at radius 3 is 2.33 bits per heavy atom. The number of allylic oxidation sites excluding steroid dienone is 5. The molecule has 2 saturated carbocycles. The number of Topliss-reactive ketones (excluding diaryl/α,β-unsaturated/α-hetero) is 3. The van der Waals surface area contributed by atoms with Gasteiger partial charge in [0.1, 0.15) is 11.3 Å². The number of hydrogen-bond acceptors (Lipinski definition) is 4. The van der Waals surface area contributed by atoms with Crippen molar-refractivity contribution >= 4 is 17.3 Å². The highest BCUT2D eigenvalue weighted by molar-refractivity contribution is 6.32. The number of hydrogen-bond donors (Lipinski definition) is 1. The molecular formula is C26H36O4. The molecule has 2 fully saturated rings. The molecule has 0 unspecified atom stereocenters. The summed E-state index contributed by atoms with van der Waals surface area (Å²) < 4.78 is 0. The molecule has 0 aliphatic heterocycles. The van der Waals surface area contributed by atoms with Crippen molar-refractivity contribution in [1.82, 2.24) is 0 Å². The predicted molar refractivity (Wildman–Crippen MR) is 118 cm³/mol. The number of carbonyl (C=O) groups excluding carboxylic acids is 3. The molecule has 3 aliphatic carbocycles. The topological polar surface area (TPSA) is 71.4 Å². The lowest BCUT2D eigenvalue weighted by Crippen LogP contribution is -2.49. The second-order valence-corrected chi connectivity index (χ2v) is 11.0. The largest absolute Gasteiger partial charge is 0.510 e. The number of ketones is 3. The fourth-order valence-corrected chi connectivity index (χ4v) is 6.36. The van der Waals surface area contributed by atoms with Crippen LogP contribution in [0.2, 0.25) is 0 Å². The zero-order chi connectivity index (χ0) is 22.8. The Hall–Kier alpha value is -1.97. The number of carbonyl (C=O) groups is 3. The van der Waals surface area contributed by atoms with Crippen LogP contribution in [0.5, 0.6) is 0 Å². The lowest BCUT2D eigenvalue weighted by molar-refractivity contribution is -0.144. The Kier molecular flexibility index (Phi) is 5.32. The van der Waals surface area contributed by atoms with Crippen LogP contribution in [0.3, 0.4) is 0 Å². The van der Waals surface area contributed by atoms with Crippen molar-refractivity contribution in [2.75, 3.05) is 0 Å². The highest BCUT2D eigenvalue weighted by atomic mass is 16.3. The number of rotatable bonds is 6. The monoisotopic (exact) mass is 412 g/mol. The van der Waals surface area contributed by atoms with E-state index in [0.29, 0.717) is 12.8 Å². The van der Waals surface area contributed by atoms with Gasteiger partial charge in [0.15, 0.2) is 17.3 Å². The van der Waals surface area contributed by atoms with Crippen LogP contribution in [-0.4, -0.2) is 22.5 Å². The Balaban J connectivity index is 2.06. The molecular weight excluding hydrogens is 376 g/mol. The fraction of sp³-hybridized carbons (Fsp3) is 0.654. The lowest BCUT2D eigenvalue weighted by Gasteiger charge is -2.36. The van der Waals surface area contributed by atoms with Gasteiger partial charge in [0.05, 0.1) is 10.8 Å². The fourth-order valence-electron chi connectivity index (χ4n) is 6.36. The Morgan fingerprint density at radius 2 is 1.80 bits per heavy atom. The van der Waals surface area contributed by atoms with Crippen molar-refractivity contribution in [2.45, 2.75) is 74.1 Å². The highest BCUT2D eigenvalue weighted by Gasteiger charge is 2.76. The summed E-state index contributed by atoms with van der Waals surface area (Å²) in [5, 5.41) is 10.9. The molecule has 0 saturated heterocycles. The van der Waals surface area contributed by atoms with E-state index in [4.69, 9.17) is 0 Å². The van der Waals surface area contributed by atoms with Crippen molar-refractivity contribution in [3.05, 3.63) is 35.1 Å². The smallest absolute Gasteiger partial charge is 0.183 e. The van der Waals surface area contributed by atoms with Crippen molar-refractivity contribution in [2.24, 2.45) is 34.0 Å². The van der Waals surface area contributed by atoms with Gasteiger partial charge in [-0.1, -0.05) is 51.5 Å². The summed E-state index contributed by atoms with van der Waals surface area (Å²) in [6, 6.07) is 0. The van der Waals surface area contributed by atoms with E-state index < -0.39 is 22.5 Å². The summed E-state index contributed by atoms with van der Waals surface area (Å²) in [4.78, 5) is 40.3. The van der Waals surface area contributed by atoms with Gasteiger partial charge in [-0.15, -0.1) is 0 Å². The lowest BCUT2D eigenvalue weighted by atomic mass is 9.64. The number of fused-ring (bicyclic) bond motifs is 1. The first-order valence-electron chi connectivity index (χ1n) is 11.1. The van der Waals surface area contributed by atoms with Gasteiger partial charge in [-0.3, -0.25) is 14.4 Å². The van der Waals surface area contributed by atoms with Gasteiger partial charge >= 0.3 is 0 Å². The normalized spacial score (nSPS) is 34.4. The summed E-state index contributed by atoms with van der Waals surface area (Å²) in [6.07, 6.45) is 4.70. The van der Waals surface area contributed by atoms with Gasteiger partial charge in [0, 0.05) is 5.92 Å². The van der Waals surface area contributed by atoms with E-state index in [1.54, 1.807) is 20.8 Å². The first-order chi connectivity index (χ1) is 13.7. The molecule has 0 amide bonds. The molecule has 0 aromatic carbocycles. The van der Waals surface area contributed by atoms with Crippen LogP contribution >= 0.6 is 0 Å². The predicted octanol–water partition coefficient (Wildman–Crippen LogP) is 5.54. The van der Waals surface area contributed by atoms with Gasteiger partial charge < -0.3 is 5.11 Å². The SMILES string of the molecule is C=C(CCC=C(C)C)[C@H]1C[C@@]23C(=O)C(C(=O)C(C)C)=C(O)[C@@](C)(C[C@@H]2C1(C)C)C3=O. The van der Waals surface area contributed by atoms with Crippen molar-refractivity contribution in [3.63, 3.8) is 0 Å². The molecule has 4 nitrogen and oxygen atoms in total. The Bertz CT molecular complexity index is 896. The van der Waals surface area contributed by atoms with E-state index in [0.717, 1.165) is 18.4 Å². The molecule has 3 aliphatic rings. The minimum absolute atomic E-state index is 0.0288. The summed E-state index contributed by atoms with van der Waals surface area (Å²) in [5.41, 5.74) is -0.476. The maximum Gasteiger partial charge on any atom is 0.183 e. The Morgan fingerprint density at radius 1 is 1.20 bits per heavy atom. The second-order valence-electron chi connectivity index (χ2n) is 11.0. The van der Waals surface area contributed by atoms with Crippen LogP contribution in [0.1, 0.15) is 74.1 Å². The van der Waals surface area contributed by atoms with Crippen LogP contribution in [0.15, 0.2) is 35.1 Å². The minimum atomic E-state index is -1.21. The van der Waals surface area contributed by atoms with E-state index in [1.807, 2.05) is 0 Å². The standard InChI is InChI=1S/C26H36O4/c1-14(2)10-9-11-16(5)17-12-26-18(24(17,6)7)13-25(8,23(26)30)21(28)19(22(26)29)20(27)15(3)4/h10,15,17-18,28H,5,9,11-13H2,1-4,6-8H3/t17-,18-,25-,26+/m1/s1. The molecule has 0 heterocycles. The molecule has 1 N–H and O–H groups in total. The molecule has 30 heavy (non-hydrogen) atoms. The van der Waals surface area contributed by atoms with E-state index in [9.17, 15) is 19.5 Å². The van der Waals surface area contributed by atoms with Crippen LogP contribution in [0.25, 0.3) is 0 Å². The van der Waals surface area contributed by atoms with Crippen LogP contribution in [0.4, 0.5) is 0 Å². The molecule has 164 valence electrons. The van der Waals surface area contributed by atoms with Gasteiger partial charge in [0.25, 0.3) is 0 Å². The van der Waals surface area contributed by atoms with Gasteiger partial charge in [-0.05, 0) is 63.7 Å². The van der Waals surface area contributed by atoms with E-state index in [2.05, 4.69) is 40.3 Å².